The van der Waals surface area contributed by atoms with E-state index in [2.05, 4.69) is 20.7 Å². The Bertz CT molecular complexity index is 750. The van der Waals surface area contributed by atoms with Crippen molar-refractivity contribution in [1.82, 2.24) is 24.7 Å². The van der Waals surface area contributed by atoms with Crippen LogP contribution in [0.2, 0.25) is 0 Å². The molecule has 1 aromatic carbocycles. The summed E-state index contributed by atoms with van der Waals surface area (Å²) < 4.78 is 8.22. The van der Waals surface area contributed by atoms with Crippen LogP contribution in [0.3, 0.4) is 0 Å². The summed E-state index contributed by atoms with van der Waals surface area (Å²) in [5.74, 6) is 0.363. The lowest BCUT2D eigenvalue weighted by atomic mass is 10.3. The van der Waals surface area contributed by atoms with E-state index in [1.54, 1.807) is 18.0 Å². The molecular weight excluding hydrogens is 272 g/mol. The van der Waals surface area contributed by atoms with E-state index in [1.807, 2.05) is 24.3 Å². The highest BCUT2D eigenvalue weighted by Crippen LogP contribution is 2.21. The van der Waals surface area contributed by atoms with Crippen molar-refractivity contribution in [2.24, 2.45) is 0 Å². The molecule has 8 heteroatoms. The number of hydrogen-bond donors (Lipinski definition) is 1. The molecule has 0 aliphatic carbocycles. The molecule has 1 N–H and O–H groups in total. The van der Waals surface area contributed by atoms with Crippen LogP contribution in [0.25, 0.3) is 5.69 Å². The van der Waals surface area contributed by atoms with E-state index in [-0.39, 0.29) is 5.91 Å². The number of ether oxygens (including phenoxy) is 1. The molecule has 0 radical (unpaired) electrons. The highest BCUT2D eigenvalue weighted by Gasteiger charge is 2.11. The van der Waals surface area contributed by atoms with Crippen molar-refractivity contribution < 1.29 is 9.53 Å². The number of carbonyl (C=O) groups excluding carboxylic acids is 1. The molecule has 106 valence electrons. The van der Waals surface area contributed by atoms with Gasteiger partial charge in [-0.05, 0) is 12.1 Å². The summed E-state index contributed by atoms with van der Waals surface area (Å²) in [6, 6.07) is 7.42. The van der Waals surface area contributed by atoms with Crippen LogP contribution in [0.4, 0.5) is 0 Å². The molecule has 3 rings (SSSR count). The van der Waals surface area contributed by atoms with Crippen LogP contribution in [0.15, 0.2) is 49.3 Å². The molecule has 0 saturated carbocycles. The third-order valence-corrected chi connectivity index (χ3v) is 2.83. The van der Waals surface area contributed by atoms with Crippen molar-refractivity contribution in [3.05, 3.63) is 54.9 Å². The van der Waals surface area contributed by atoms with E-state index in [0.29, 0.717) is 11.3 Å². The summed E-state index contributed by atoms with van der Waals surface area (Å²) in [6.07, 6.45) is 5.88. The van der Waals surface area contributed by atoms with Crippen molar-refractivity contribution in [3.63, 3.8) is 0 Å². The van der Waals surface area contributed by atoms with E-state index in [0.717, 1.165) is 5.69 Å². The van der Waals surface area contributed by atoms with Crippen LogP contribution in [0.5, 0.6) is 5.75 Å². The number of aromatic nitrogens is 5. The fraction of sp³-hybridized carbons (Fsp3) is 0.0769. The molecule has 21 heavy (non-hydrogen) atoms. The lowest BCUT2D eigenvalue weighted by Gasteiger charge is -2.07. The Labute approximate surface area is 120 Å². The highest BCUT2D eigenvalue weighted by molar-refractivity contribution is 5.99. The maximum Gasteiger partial charge on any atom is 0.273 e. The Balaban J connectivity index is 1.84. The summed E-state index contributed by atoms with van der Waals surface area (Å²) in [5, 5.41) is 11.4. The Morgan fingerprint density at radius 1 is 1.24 bits per heavy atom. The van der Waals surface area contributed by atoms with Crippen molar-refractivity contribution in [2.75, 3.05) is 12.5 Å². The van der Waals surface area contributed by atoms with Crippen LogP contribution in [-0.4, -0.2) is 37.7 Å². The molecular formula is C13H12N6O2. The first-order chi connectivity index (χ1) is 10.3. The number of benzene rings is 1. The Hall–Kier alpha value is -3.16. The van der Waals surface area contributed by atoms with Gasteiger partial charge in [0.15, 0.2) is 0 Å². The Morgan fingerprint density at radius 2 is 2.00 bits per heavy atom. The second-order valence-electron chi connectivity index (χ2n) is 4.16. The molecule has 0 aliphatic rings. The molecule has 0 saturated heterocycles. The fourth-order valence-corrected chi connectivity index (χ4v) is 1.83. The molecule has 0 atom stereocenters. The quantitative estimate of drug-likeness (QED) is 0.767. The van der Waals surface area contributed by atoms with Gasteiger partial charge >= 0.3 is 0 Å². The number of methoxy groups -OCH3 is 1. The largest absolute Gasteiger partial charge is 0.494 e. The van der Waals surface area contributed by atoms with Crippen LogP contribution in [0.1, 0.15) is 10.4 Å². The van der Waals surface area contributed by atoms with Crippen molar-refractivity contribution in [2.45, 2.75) is 0 Å². The molecule has 0 unspecified atom stereocenters. The zero-order chi connectivity index (χ0) is 14.7. The minimum absolute atomic E-state index is 0.309. The molecule has 0 bridgehead atoms. The average molecular weight is 284 g/mol. The normalized spacial score (nSPS) is 10.3. The second-order valence-corrected chi connectivity index (χ2v) is 4.16. The second kappa shape index (κ2) is 5.45. The summed E-state index contributed by atoms with van der Waals surface area (Å²) in [5.41, 5.74) is 3.76. The van der Waals surface area contributed by atoms with Gasteiger partial charge in [-0.25, -0.2) is 9.36 Å². The SMILES string of the molecule is COc1ccccc1-n1cc(C(=O)Nn2cnnc2)cn1. The Morgan fingerprint density at radius 3 is 2.76 bits per heavy atom. The fourth-order valence-electron chi connectivity index (χ4n) is 1.83. The number of amides is 1. The van der Waals surface area contributed by atoms with Crippen molar-refractivity contribution >= 4 is 5.91 Å². The van der Waals surface area contributed by atoms with Gasteiger partial charge in [0, 0.05) is 6.20 Å². The monoisotopic (exact) mass is 284 g/mol. The summed E-state index contributed by atoms with van der Waals surface area (Å²) in [6.45, 7) is 0. The van der Waals surface area contributed by atoms with Crippen LogP contribution >= 0.6 is 0 Å². The predicted octanol–water partition coefficient (Wildman–Crippen LogP) is 0.856. The van der Waals surface area contributed by atoms with Gasteiger partial charge in [-0.1, -0.05) is 12.1 Å². The number of nitrogens with zero attached hydrogens (tertiary/aromatic N) is 5. The molecule has 3 aromatic rings. The molecule has 8 nitrogen and oxygen atoms in total. The lowest BCUT2D eigenvalue weighted by molar-refractivity contribution is 0.101. The first-order valence-corrected chi connectivity index (χ1v) is 6.12. The average Bonchev–Trinajstić information content (AvgIpc) is 3.18. The van der Waals surface area contributed by atoms with Gasteiger partial charge in [0.1, 0.15) is 24.1 Å². The molecule has 0 fully saturated rings. The maximum atomic E-state index is 12.0. The van der Waals surface area contributed by atoms with Gasteiger partial charge in [0.05, 0.1) is 18.9 Å². The molecule has 0 aliphatic heterocycles. The third-order valence-electron chi connectivity index (χ3n) is 2.83. The van der Waals surface area contributed by atoms with Crippen LogP contribution in [-0.2, 0) is 0 Å². The summed E-state index contributed by atoms with van der Waals surface area (Å²) in [7, 11) is 1.59. The highest BCUT2D eigenvalue weighted by atomic mass is 16.5. The summed E-state index contributed by atoms with van der Waals surface area (Å²) >= 11 is 0. The van der Waals surface area contributed by atoms with Gasteiger partial charge in [0.25, 0.3) is 5.91 Å². The van der Waals surface area contributed by atoms with E-state index < -0.39 is 0 Å². The van der Waals surface area contributed by atoms with E-state index in [4.69, 9.17) is 4.74 Å². The molecule has 2 aromatic heterocycles. The van der Waals surface area contributed by atoms with Gasteiger partial charge < -0.3 is 4.74 Å². The smallest absolute Gasteiger partial charge is 0.273 e. The van der Waals surface area contributed by atoms with Crippen molar-refractivity contribution in [1.29, 1.82) is 0 Å². The molecule has 0 spiro atoms. The van der Waals surface area contributed by atoms with Gasteiger partial charge in [-0.2, -0.15) is 5.10 Å². The topological polar surface area (TPSA) is 86.9 Å². The van der Waals surface area contributed by atoms with E-state index in [9.17, 15) is 4.79 Å². The maximum absolute atomic E-state index is 12.0. The zero-order valence-corrected chi connectivity index (χ0v) is 11.2. The number of para-hydroxylation sites is 2. The first kappa shape index (κ1) is 12.9. The third kappa shape index (κ3) is 2.59. The number of hydrogen-bond acceptors (Lipinski definition) is 5. The van der Waals surface area contributed by atoms with Crippen molar-refractivity contribution in [3.8, 4) is 11.4 Å². The van der Waals surface area contributed by atoms with Gasteiger partial charge in [0.2, 0.25) is 0 Å². The first-order valence-electron chi connectivity index (χ1n) is 6.12. The van der Waals surface area contributed by atoms with Gasteiger partial charge in [-0.15, -0.1) is 10.2 Å². The lowest BCUT2D eigenvalue weighted by Crippen LogP contribution is -2.21. The zero-order valence-electron chi connectivity index (χ0n) is 11.2. The number of rotatable bonds is 4. The standard InChI is InChI=1S/C13H12N6O2/c1-21-12-5-3-2-4-11(12)19-7-10(6-16-19)13(20)17-18-8-14-15-9-18/h2-9H,1H3,(H,17,20). The van der Waals surface area contributed by atoms with E-state index in [1.165, 1.54) is 23.5 Å². The van der Waals surface area contributed by atoms with E-state index >= 15 is 0 Å². The van der Waals surface area contributed by atoms with Gasteiger partial charge in [-0.3, -0.25) is 10.2 Å². The molecule has 2 heterocycles. The van der Waals surface area contributed by atoms with Crippen LogP contribution in [0, 0.1) is 0 Å². The van der Waals surface area contributed by atoms with Crippen LogP contribution < -0.4 is 10.2 Å². The molecule has 1 amide bonds. The minimum Gasteiger partial charge on any atom is -0.494 e. The number of carbonyl (C=O) groups is 1. The Kier molecular flexibility index (Phi) is 3.34. The number of nitrogens with one attached hydrogen (secondary N) is 1. The predicted molar refractivity (Wildman–Crippen MR) is 73.8 cm³/mol. The minimum atomic E-state index is -0.309. The summed E-state index contributed by atoms with van der Waals surface area (Å²) in [4.78, 5) is 12.0.